The van der Waals surface area contributed by atoms with Gasteiger partial charge in [0.15, 0.2) is 0 Å². The van der Waals surface area contributed by atoms with Crippen LogP contribution in [0, 0.1) is 0 Å². The van der Waals surface area contributed by atoms with Crippen LogP contribution in [-0.4, -0.2) is 18.3 Å². The molecule has 0 fully saturated rings. The summed E-state index contributed by atoms with van der Waals surface area (Å²) in [5.74, 6) is 0. The summed E-state index contributed by atoms with van der Waals surface area (Å²) >= 11 is 0. The van der Waals surface area contributed by atoms with Gasteiger partial charge >= 0.3 is 0 Å². The smallest absolute Gasteiger partial charge is 0.111 e. The first-order valence-corrected chi connectivity index (χ1v) is 3.66. The molecule has 0 aliphatic carbocycles. The van der Waals surface area contributed by atoms with E-state index in [0.717, 1.165) is 0 Å². The molecular formula is C3H8NO3S-. The minimum absolute atomic E-state index is 0.172. The summed E-state index contributed by atoms with van der Waals surface area (Å²) in [6, 6.07) is 0. The molecule has 0 saturated heterocycles. The third-order valence-electron chi connectivity index (χ3n) is 0.773. The monoisotopic (exact) mass is 138 g/mol. The highest BCUT2D eigenvalue weighted by atomic mass is 32.2. The van der Waals surface area contributed by atoms with Crippen molar-refractivity contribution in [2.75, 3.05) is 0 Å². The largest absolute Gasteiger partial charge is 0.747 e. The topological polar surface area (TPSA) is 83.2 Å². The number of rotatable bonds is 2. The maximum absolute atomic E-state index is 9.88. The molecule has 4 nitrogen and oxygen atoms in total. The van der Waals surface area contributed by atoms with E-state index >= 15 is 0 Å². The van der Waals surface area contributed by atoms with Crippen molar-refractivity contribution in [1.82, 2.24) is 0 Å². The molecule has 0 rings (SSSR count). The molecule has 0 bridgehead atoms. The van der Waals surface area contributed by atoms with E-state index in [1.807, 2.05) is 0 Å². The Kier molecular flexibility index (Phi) is 2.39. The zero-order valence-electron chi connectivity index (χ0n) is 4.49. The molecule has 0 aromatic rings. The van der Waals surface area contributed by atoms with Crippen molar-refractivity contribution >= 4 is 10.1 Å². The van der Waals surface area contributed by atoms with Gasteiger partial charge < -0.3 is 10.3 Å². The van der Waals surface area contributed by atoms with Gasteiger partial charge in [-0.1, -0.05) is 6.92 Å². The van der Waals surface area contributed by atoms with E-state index in [1.54, 1.807) is 6.92 Å². The Morgan fingerprint density at radius 2 is 2.12 bits per heavy atom. The van der Waals surface area contributed by atoms with E-state index in [1.165, 1.54) is 0 Å². The van der Waals surface area contributed by atoms with E-state index in [4.69, 9.17) is 5.73 Å². The molecule has 0 aliphatic rings. The van der Waals surface area contributed by atoms with Gasteiger partial charge in [0.25, 0.3) is 0 Å². The maximum Gasteiger partial charge on any atom is 0.111 e. The van der Waals surface area contributed by atoms with Gasteiger partial charge in [-0.15, -0.1) is 0 Å². The van der Waals surface area contributed by atoms with Crippen molar-refractivity contribution in [3.8, 4) is 0 Å². The van der Waals surface area contributed by atoms with Crippen LogP contribution in [0.1, 0.15) is 13.3 Å². The van der Waals surface area contributed by atoms with E-state index in [9.17, 15) is 13.0 Å². The molecule has 8 heavy (non-hydrogen) atoms. The molecule has 2 N–H and O–H groups in total. The Hall–Kier alpha value is -0.130. The summed E-state index contributed by atoms with van der Waals surface area (Å²) in [5.41, 5.74) is 4.85. The van der Waals surface area contributed by atoms with Crippen molar-refractivity contribution in [3.05, 3.63) is 0 Å². The first kappa shape index (κ1) is 7.87. The molecule has 0 aliphatic heterocycles. The molecule has 5 heteroatoms. The maximum atomic E-state index is 9.88. The predicted octanol–water partition coefficient (Wildman–Crippen LogP) is -0.774. The zero-order chi connectivity index (χ0) is 6.78. The highest BCUT2D eigenvalue weighted by Crippen LogP contribution is 1.93. The van der Waals surface area contributed by atoms with Crippen LogP contribution in [0.2, 0.25) is 0 Å². The lowest BCUT2D eigenvalue weighted by Crippen LogP contribution is -2.28. The fourth-order valence-corrected chi connectivity index (χ4v) is 0.612. The lowest BCUT2D eigenvalue weighted by molar-refractivity contribution is 0.447. The van der Waals surface area contributed by atoms with Gasteiger partial charge in [0, 0.05) is 0 Å². The number of nitrogens with two attached hydrogens (primary N) is 1. The normalized spacial score (nSPS) is 15.9. The molecule has 50 valence electrons. The van der Waals surface area contributed by atoms with Gasteiger partial charge in [-0.05, 0) is 6.42 Å². The van der Waals surface area contributed by atoms with Crippen LogP contribution in [-0.2, 0) is 10.1 Å². The third kappa shape index (κ3) is 2.25. The van der Waals surface area contributed by atoms with Gasteiger partial charge in [0.1, 0.15) is 10.1 Å². The van der Waals surface area contributed by atoms with Crippen molar-refractivity contribution in [2.45, 2.75) is 18.7 Å². The quantitative estimate of drug-likeness (QED) is 0.508. The molecule has 1 unspecified atom stereocenters. The summed E-state index contributed by atoms with van der Waals surface area (Å²) in [4.78, 5) is 0. The van der Waals surface area contributed by atoms with E-state index in [0.29, 0.717) is 0 Å². The summed E-state index contributed by atoms with van der Waals surface area (Å²) < 4.78 is 29.6. The molecule has 0 radical (unpaired) electrons. The predicted molar refractivity (Wildman–Crippen MR) is 28.0 cm³/mol. The van der Waals surface area contributed by atoms with Crippen LogP contribution < -0.4 is 5.73 Å². The second-order valence-corrected chi connectivity index (χ2v) is 3.03. The van der Waals surface area contributed by atoms with Crippen molar-refractivity contribution < 1.29 is 13.0 Å². The highest BCUT2D eigenvalue weighted by Gasteiger charge is 2.04. The first-order valence-electron chi connectivity index (χ1n) is 2.18. The number of hydrogen-bond donors (Lipinski definition) is 1. The standard InChI is InChI=1S/C3H9NO3S/c1-2-3(4)8(5,6)7/h3H,2,4H2,1H3,(H,5,6,7)/p-1. The molecule has 0 aromatic heterocycles. The molecule has 0 amide bonds. The Bertz CT molecular complexity index is 150. The van der Waals surface area contributed by atoms with Gasteiger partial charge in [0.2, 0.25) is 0 Å². The second kappa shape index (κ2) is 2.43. The Morgan fingerprint density at radius 3 is 2.12 bits per heavy atom. The van der Waals surface area contributed by atoms with Crippen molar-refractivity contribution in [3.63, 3.8) is 0 Å². The summed E-state index contributed by atoms with van der Waals surface area (Å²) in [6.45, 7) is 1.54. The Balaban J connectivity index is 4.04. The molecule has 0 heterocycles. The van der Waals surface area contributed by atoms with Gasteiger partial charge in [-0.2, -0.15) is 0 Å². The van der Waals surface area contributed by atoms with E-state index < -0.39 is 15.5 Å². The van der Waals surface area contributed by atoms with Crippen LogP contribution in [0.4, 0.5) is 0 Å². The molecule has 0 spiro atoms. The Morgan fingerprint density at radius 1 is 1.75 bits per heavy atom. The average Bonchev–Trinajstić information content (AvgIpc) is 1.62. The fraction of sp³-hybridized carbons (Fsp3) is 1.00. The van der Waals surface area contributed by atoms with Crippen LogP contribution in [0.15, 0.2) is 0 Å². The lowest BCUT2D eigenvalue weighted by atomic mass is 10.5. The zero-order valence-corrected chi connectivity index (χ0v) is 5.31. The highest BCUT2D eigenvalue weighted by molar-refractivity contribution is 7.86. The summed E-state index contributed by atoms with van der Waals surface area (Å²) in [6.07, 6.45) is 0.172. The van der Waals surface area contributed by atoms with Gasteiger partial charge in [-0.25, -0.2) is 8.42 Å². The Labute approximate surface area is 48.4 Å². The SMILES string of the molecule is CCC(N)S(=O)(=O)[O-]. The van der Waals surface area contributed by atoms with Crippen LogP contribution in [0.5, 0.6) is 0 Å². The minimum Gasteiger partial charge on any atom is -0.747 e. The minimum atomic E-state index is -4.23. The molecule has 1 atom stereocenters. The van der Waals surface area contributed by atoms with E-state index in [-0.39, 0.29) is 6.42 Å². The van der Waals surface area contributed by atoms with Crippen molar-refractivity contribution in [1.29, 1.82) is 0 Å². The van der Waals surface area contributed by atoms with Crippen LogP contribution in [0.3, 0.4) is 0 Å². The number of hydrogen-bond acceptors (Lipinski definition) is 4. The fourth-order valence-electron chi connectivity index (χ4n) is 0.204. The molecule has 0 saturated carbocycles. The second-order valence-electron chi connectivity index (χ2n) is 1.44. The third-order valence-corrected chi connectivity index (χ3v) is 1.85. The van der Waals surface area contributed by atoms with Crippen molar-refractivity contribution in [2.24, 2.45) is 5.73 Å². The van der Waals surface area contributed by atoms with E-state index in [2.05, 4.69) is 0 Å². The average molecular weight is 138 g/mol. The lowest BCUT2D eigenvalue weighted by Gasteiger charge is -2.12. The summed E-state index contributed by atoms with van der Waals surface area (Å²) in [5, 5.41) is -1.23. The first-order chi connectivity index (χ1) is 3.48. The van der Waals surface area contributed by atoms with Crippen LogP contribution in [0.25, 0.3) is 0 Å². The van der Waals surface area contributed by atoms with Gasteiger partial charge in [0.05, 0.1) is 5.37 Å². The molecular weight excluding hydrogens is 130 g/mol. The van der Waals surface area contributed by atoms with Crippen LogP contribution >= 0.6 is 0 Å². The summed E-state index contributed by atoms with van der Waals surface area (Å²) in [7, 11) is -4.23. The molecule has 0 aromatic carbocycles. The van der Waals surface area contributed by atoms with Gasteiger partial charge in [-0.3, -0.25) is 0 Å².